The van der Waals surface area contributed by atoms with Gasteiger partial charge in [-0.3, -0.25) is 4.79 Å². The van der Waals surface area contributed by atoms with E-state index in [0.717, 1.165) is 21.1 Å². The second-order valence-electron chi connectivity index (χ2n) is 9.29. The van der Waals surface area contributed by atoms with Crippen molar-refractivity contribution < 1.29 is 4.79 Å². The molecule has 0 spiro atoms. The highest BCUT2D eigenvalue weighted by Gasteiger charge is 2.15. The fraction of sp³-hybridized carbons (Fsp3) is 0.259. The van der Waals surface area contributed by atoms with E-state index in [1.165, 1.54) is 16.3 Å². The van der Waals surface area contributed by atoms with Crippen molar-refractivity contribution in [2.24, 2.45) is 0 Å². The predicted octanol–water partition coefficient (Wildman–Crippen LogP) is 5.46. The summed E-state index contributed by atoms with van der Waals surface area (Å²) in [6.07, 6.45) is 0. The molecule has 2 aromatic heterocycles. The van der Waals surface area contributed by atoms with Crippen molar-refractivity contribution in [3.63, 3.8) is 0 Å². The van der Waals surface area contributed by atoms with Crippen LogP contribution >= 0.6 is 11.3 Å². The summed E-state index contributed by atoms with van der Waals surface area (Å²) in [5.74, 6) is 0. The number of nitrogens with zero attached hydrogens (tertiary/aromatic N) is 3. The molecule has 8 heteroatoms. The summed E-state index contributed by atoms with van der Waals surface area (Å²) in [6.45, 7) is 8.89. The Bertz CT molecular complexity index is 1370. The van der Waals surface area contributed by atoms with Gasteiger partial charge in [0.15, 0.2) is 0 Å². The Kier molecular flexibility index (Phi) is 7.12. The number of carbonyl (C=O) groups is 1. The zero-order valence-corrected chi connectivity index (χ0v) is 21.1. The molecule has 35 heavy (non-hydrogen) atoms. The average molecular weight is 488 g/mol. The van der Waals surface area contributed by atoms with E-state index in [2.05, 4.69) is 41.5 Å². The van der Waals surface area contributed by atoms with Crippen LogP contribution in [0.2, 0.25) is 0 Å². The Morgan fingerprint density at radius 2 is 1.71 bits per heavy atom. The van der Waals surface area contributed by atoms with Gasteiger partial charge in [0.25, 0.3) is 5.56 Å². The van der Waals surface area contributed by atoms with Crippen LogP contribution in [0.4, 0.5) is 10.5 Å². The number of aromatic nitrogens is 3. The third-order valence-electron chi connectivity index (χ3n) is 5.53. The molecule has 2 heterocycles. The minimum absolute atomic E-state index is 0.0520. The molecule has 0 aliphatic rings. The minimum Gasteiger partial charge on any atom is -0.336 e. The molecular formula is C27H29N5O2S. The van der Waals surface area contributed by atoms with Crippen molar-refractivity contribution in [3.8, 4) is 21.1 Å². The van der Waals surface area contributed by atoms with Gasteiger partial charge in [-0.25, -0.2) is 14.5 Å². The van der Waals surface area contributed by atoms with Gasteiger partial charge in [-0.05, 0) is 36.1 Å². The summed E-state index contributed by atoms with van der Waals surface area (Å²) in [4.78, 5) is 30.3. The van der Waals surface area contributed by atoms with Crippen LogP contribution in [0.3, 0.4) is 0 Å². The fourth-order valence-corrected chi connectivity index (χ4v) is 4.61. The highest BCUT2D eigenvalue weighted by molar-refractivity contribution is 7.18. The van der Waals surface area contributed by atoms with E-state index in [1.54, 1.807) is 17.4 Å². The fourth-order valence-electron chi connectivity index (χ4n) is 3.57. The normalized spacial score (nSPS) is 11.3. The van der Waals surface area contributed by atoms with Gasteiger partial charge in [0.2, 0.25) is 0 Å². The Morgan fingerprint density at radius 1 is 1.00 bits per heavy atom. The monoisotopic (exact) mass is 487 g/mol. The van der Waals surface area contributed by atoms with Gasteiger partial charge in [-0.15, -0.1) is 11.3 Å². The molecule has 2 N–H and O–H groups in total. The third-order valence-corrected chi connectivity index (χ3v) is 6.76. The number of thiazole rings is 1. The van der Waals surface area contributed by atoms with E-state index in [1.807, 2.05) is 61.5 Å². The van der Waals surface area contributed by atoms with Crippen LogP contribution in [0.1, 0.15) is 32.0 Å². The number of hydrogen-bond acceptors (Lipinski definition) is 5. The number of anilines is 1. The number of hydrogen-bond donors (Lipinski definition) is 2. The number of benzene rings is 2. The van der Waals surface area contributed by atoms with Crippen molar-refractivity contribution in [3.05, 3.63) is 88.3 Å². The zero-order chi connectivity index (χ0) is 25.0. The van der Waals surface area contributed by atoms with E-state index in [4.69, 9.17) is 0 Å². The third kappa shape index (κ3) is 6.02. The van der Waals surface area contributed by atoms with Gasteiger partial charge < -0.3 is 10.6 Å². The zero-order valence-electron chi connectivity index (χ0n) is 20.3. The standard InChI is InChI=1S/C27H29N5O2S/c1-18-24(35-25(29-18)19-8-6-5-7-9-19)22-14-15-23(33)32(31-22)17-16-28-26(34)30-21-12-10-20(11-13-21)27(2,3)4/h5-15H,16-17H2,1-4H3,(H2,28,30,34). The lowest BCUT2D eigenvalue weighted by atomic mass is 9.87. The lowest BCUT2D eigenvalue weighted by Gasteiger charge is -2.19. The highest BCUT2D eigenvalue weighted by atomic mass is 32.1. The van der Waals surface area contributed by atoms with Crippen LogP contribution in [-0.4, -0.2) is 27.3 Å². The van der Waals surface area contributed by atoms with E-state index in [9.17, 15) is 9.59 Å². The average Bonchev–Trinajstić information content (AvgIpc) is 3.22. The SMILES string of the molecule is Cc1nc(-c2ccccc2)sc1-c1ccc(=O)n(CCNC(=O)Nc2ccc(C(C)(C)C)cc2)n1. The van der Waals surface area contributed by atoms with Crippen LogP contribution in [0.5, 0.6) is 0 Å². The van der Waals surface area contributed by atoms with Crippen LogP contribution in [0.25, 0.3) is 21.1 Å². The predicted molar refractivity (Wildman–Crippen MR) is 142 cm³/mol. The minimum atomic E-state index is -0.330. The first-order chi connectivity index (χ1) is 16.7. The van der Waals surface area contributed by atoms with Gasteiger partial charge in [0.05, 0.1) is 17.1 Å². The van der Waals surface area contributed by atoms with Gasteiger partial charge in [0.1, 0.15) is 10.7 Å². The molecule has 0 bridgehead atoms. The molecule has 4 rings (SSSR count). The van der Waals surface area contributed by atoms with Crippen molar-refractivity contribution in [1.82, 2.24) is 20.1 Å². The first kappa shape index (κ1) is 24.3. The molecule has 4 aromatic rings. The van der Waals surface area contributed by atoms with Crippen LogP contribution in [0.15, 0.2) is 71.5 Å². The van der Waals surface area contributed by atoms with Gasteiger partial charge in [-0.2, -0.15) is 5.10 Å². The number of rotatable bonds is 6. The summed E-state index contributed by atoms with van der Waals surface area (Å²) in [6, 6.07) is 20.7. The van der Waals surface area contributed by atoms with Crippen molar-refractivity contribution >= 4 is 23.1 Å². The molecule has 2 amide bonds. The number of aryl methyl sites for hydroxylation is 1. The first-order valence-corrected chi connectivity index (χ1v) is 12.3. The smallest absolute Gasteiger partial charge is 0.319 e. The number of amides is 2. The molecule has 0 aliphatic carbocycles. The van der Waals surface area contributed by atoms with Gasteiger partial charge >= 0.3 is 6.03 Å². The molecule has 7 nitrogen and oxygen atoms in total. The van der Waals surface area contributed by atoms with E-state index >= 15 is 0 Å². The van der Waals surface area contributed by atoms with Crippen molar-refractivity contribution in [2.45, 2.75) is 39.7 Å². The Hall–Kier alpha value is -3.78. The molecular weight excluding hydrogens is 458 g/mol. The number of urea groups is 1. The summed E-state index contributed by atoms with van der Waals surface area (Å²) in [5.41, 5.74) is 4.33. The maximum atomic E-state index is 12.4. The summed E-state index contributed by atoms with van der Waals surface area (Å²) in [7, 11) is 0. The molecule has 0 radical (unpaired) electrons. The van der Waals surface area contributed by atoms with Crippen molar-refractivity contribution in [2.75, 3.05) is 11.9 Å². The Morgan fingerprint density at radius 3 is 2.40 bits per heavy atom. The largest absolute Gasteiger partial charge is 0.336 e. The van der Waals surface area contributed by atoms with Gasteiger partial charge in [0, 0.05) is 23.9 Å². The number of nitrogens with one attached hydrogen (secondary N) is 2. The molecule has 0 atom stereocenters. The van der Waals surface area contributed by atoms with E-state index < -0.39 is 0 Å². The maximum absolute atomic E-state index is 12.4. The first-order valence-electron chi connectivity index (χ1n) is 11.5. The second kappa shape index (κ2) is 10.2. The van der Waals surface area contributed by atoms with Crippen LogP contribution < -0.4 is 16.2 Å². The maximum Gasteiger partial charge on any atom is 0.319 e. The van der Waals surface area contributed by atoms with Crippen molar-refractivity contribution in [1.29, 1.82) is 0 Å². The quantitative estimate of drug-likeness (QED) is 0.378. The van der Waals surface area contributed by atoms with E-state index in [0.29, 0.717) is 11.4 Å². The summed E-state index contributed by atoms with van der Waals surface area (Å²) in [5, 5.41) is 11.0. The molecule has 0 saturated heterocycles. The second-order valence-corrected chi connectivity index (χ2v) is 10.3. The molecule has 2 aromatic carbocycles. The molecule has 0 fully saturated rings. The van der Waals surface area contributed by atoms with Crippen LogP contribution in [-0.2, 0) is 12.0 Å². The lowest BCUT2D eigenvalue weighted by Crippen LogP contribution is -2.34. The summed E-state index contributed by atoms with van der Waals surface area (Å²) >= 11 is 1.54. The lowest BCUT2D eigenvalue weighted by molar-refractivity contribution is 0.251. The molecule has 0 aliphatic heterocycles. The van der Waals surface area contributed by atoms with Gasteiger partial charge in [-0.1, -0.05) is 63.2 Å². The summed E-state index contributed by atoms with van der Waals surface area (Å²) < 4.78 is 1.37. The number of carbonyl (C=O) groups excluding carboxylic acids is 1. The Labute approximate surface area is 208 Å². The molecule has 0 unspecified atom stereocenters. The molecule has 0 saturated carbocycles. The van der Waals surface area contributed by atoms with E-state index in [-0.39, 0.29) is 30.1 Å². The Balaban J connectivity index is 1.39. The topological polar surface area (TPSA) is 88.9 Å². The molecule has 180 valence electrons. The highest BCUT2D eigenvalue weighted by Crippen LogP contribution is 2.33. The van der Waals surface area contributed by atoms with Crippen LogP contribution in [0, 0.1) is 6.92 Å².